The number of aryl methyl sites for hydroxylation is 2. The number of Topliss-reactive ketones (excluding diaryl/α,β-unsaturated/α-hetero) is 1. The van der Waals surface area contributed by atoms with Crippen LogP contribution in [0.4, 0.5) is 14.5 Å². The van der Waals surface area contributed by atoms with Crippen molar-refractivity contribution in [2.75, 3.05) is 12.0 Å². The van der Waals surface area contributed by atoms with Crippen molar-refractivity contribution in [3.05, 3.63) is 94.3 Å². The number of benzene rings is 2. The van der Waals surface area contributed by atoms with Gasteiger partial charge in [-0.05, 0) is 55.3 Å². The highest BCUT2D eigenvalue weighted by atomic mass is 19.2. The van der Waals surface area contributed by atoms with Gasteiger partial charge in [-0.15, -0.1) is 0 Å². The fraction of sp³-hybridized carbons (Fsp3) is 0.160. The molecular weight excluding hydrogens is 430 g/mol. The number of methoxy groups -OCH3 is 1. The number of pyridine rings is 1. The van der Waals surface area contributed by atoms with E-state index in [1.807, 2.05) is 13.0 Å². The van der Waals surface area contributed by atoms with Crippen molar-refractivity contribution in [3.8, 4) is 5.75 Å². The van der Waals surface area contributed by atoms with Crippen LogP contribution in [0.5, 0.6) is 5.75 Å². The van der Waals surface area contributed by atoms with Gasteiger partial charge in [0.1, 0.15) is 17.6 Å². The Morgan fingerprint density at radius 2 is 1.82 bits per heavy atom. The van der Waals surface area contributed by atoms with Gasteiger partial charge >= 0.3 is 0 Å². The highest BCUT2D eigenvalue weighted by molar-refractivity contribution is 6.51. The van der Waals surface area contributed by atoms with Crippen LogP contribution in [-0.2, 0) is 9.59 Å². The maximum Gasteiger partial charge on any atom is 0.300 e. The molecule has 3 aromatic rings. The topological polar surface area (TPSA) is 79.7 Å². The number of amides is 1. The number of aliphatic hydroxyl groups is 1. The summed E-state index contributed by atoms with van der Waals surface area (Å²) in [6.45, 7) is 3.61. The van der Waals surface area contributed by atoms with Crippen LogP contribution in [0.15, 0.2) is 60.3 Å². The summed E-state index contributed by atoms with van der Waals surface area (Å²) in [5.41, 5.74) is 1.76. The van der Waals surface area contributed by atoms with Crippen molar-refractivity contribution in [1.82, 2.24) is 4.98 Å². The monoisotopic (exact) mass is 450 g/mol. The number of nitrogens with zero attached hydrogens (tertiary/aromatic N) is 2. The standard InChI is InChI=1S/C25H20F2N2O4/c1-13-10-14(2)24(33-3)16(11-13)22(30)20-21(19-6-4-5-9-28-19)29(25(32)23(20)31)15-7-8-17(26)18(27)12-15/h4-12,21,30H,1-3H3/b22-20+. The number of rotatable bonds is 4. The largest absolute Gasteiger partial charge is 0.507 e. The Labute approximate surface area is 188 Å². The van der Waals surface area contributed by atoms with Crippen molar-refractivity contribution in [3.63, 3.8) is 0 Å². The first kappa shape index (κ1) is 22.1. The number of carbonyl (C=O) groups excluding carboxylic acids is 2. The molecule has 1 aromatic heterocycles. The first-order chi connectivity index (χ1) is 15.7. The first-order valence-corrected chi connectivity index (χ1v) is 10.1. The van der Waals surface area contributed by atoms with E-state index in [1.54, 1.807) is 31.2 Å². The number of ether oxygens (including phenoxy) is 1. The molecule has 0 aliphatic carbocycles. The molecule has 1 unspecified atom stereocenters. The van der Waals surface area contributed by atoms with Crippen LogP contribution in [0.2, 0.25) is 0 Å². The molecule has 0 spiro atoms. The smallest absolute Gasteiger partial charge is 0.300 e. The van der Waals surface area contributed by atoms with Crippen molar-refractivity contribution >= 4 is 23.1 Å². The van der Waals surface area contributed by atoms with E-state index in [9.17, 15) is 23.5 Å². The van der Waals surface area contributed by atoms with E-state index in [0.717, 1.165) is 28.2 Å². The zero-order chi connectivity index (χ0) is 23.9. The van der Waals surface area contributed by atoms with Gasteiger partial charge in [-0.3, -0.25) is 19.5 Å². The molecular formula is C25H20F2N2O4. The van der Waals surface area contributed by atoms with E-state index in [-0.39, 0.29) is 22.5 Å². The molecule has 33 heavy (non-hydrogen) atoms. The average Bonchev–Trinajstić information content (AvgIpc) is 3.06. The number of hydrogen-bond donors (Lipinski definition) is 1. The lowest BCUT2D eigenvalue weighted by Gasteiger charge is -2.25. The lowest BCUT2D eigenvalue weighted by molar-refractivity contribution is -0.132. The molecule has 1 atom stereocenters. The van der Waals surface area contributed by atoms with Crippen LogP contribution in [0, 0.1) is 25.5 Å². The maximum atomic E-state index is 14.0. The van der Waals surface area contributed by atoms with Crippen LogP contribution in [0.3, 0.4) is 0 Å². The molecule has 4 rings (SSSR count). The molecule has 1 aliphatic heterocycles. The Morgan fingerprint density at radius 3 is 2.45 bits per heavy atom. The summed E-state index contributed by atoms with van der Waals surface area (Å²) in [6.07, 6.45) is 1.47. The zero-order valence-electron chi connectivity index (χ0n) is 18.1. The Morgan fingerprint density at radius 1 is 1.06 bits per heavy atom. The zero-order valence-corrected chi connectivity index (χ0v) is 18.1. The molecule has 0 radical (unpaired) electrons. The molecule has 168 valence electrons. The summed E-state index contributed by atoms with van der Waals surface area (Å²) in [5.74, 6) is -4.35. The molecule has 2 aromatic carbocycles. The van der Waals surface area contributed by atoms with Crippen molar-refractivity contribution in [2.24, 2.45) is 0 Å². The van der Waals surface area contributed by atoms with Gasteiger partial charge in [-0.2, -0.15) is 0 Å². The molecule has 1 N–H and O–H groups in total. The Bertz CT molecular complexity index is 1310. The minimum atomic E-state index is -1.18. The second kappa shape index (κ2) is 8.46. The minimum Gasteiger partial charge on any atom is -0.507 e. The van der Waals surface area contributed by atoms with Gasteiger partial charge in [-0.1, -0.05) is 12.1 Å². The lowest BCUT2D eigenvalue weighted by Crippen LogP contribution is -2.30. The summed E-state index contributed by atoms with van der Waals surface area (Å²) >= 11 is 0. The summed E-state index contributed by atoms with van der Waals surface area (Å²) in [7, 11) is 1.44. The van der Waals surface area contributed by atoms with E-state index in [2.05, 4.69) is 4.98 Å². The SMILES string of the molecule is COc1c(C)cc(C)cc1/C(O)=C1\C(=O)C(=O)N(c2ccc(F)c(F)c2)C1c1ccccn1. The van der Waals surface area contributed by atoms with E-state index in [1.165, 1.54) is 19.4 Å². The summed E-state index contributed by atoms with van der Waals surface area (Å²) < 4.78 is 33.0. The van der Waals surface area contributed by atoms with E-state index < -0.39 is 35.1 Å². The summed E-state index contributed by atoms with van der Waals surface area (Å²) in [6, 6.07) is 10.1. The fourth-order valence-corrected chi connectivity index (χ4v) is 4.10. The number of ketones is 1. The molecule has 1 amide bonds. The Balaban J connectivity index is 2.00. The number of carbonyl (C=O) groups is 2. The second-order valence-corrected chi connectivity index (χ2v) is 7.68. The van der Waals surface area contributed by atoms with Gasteiger partial charge in [0.05, 0.1) is 23.9 Å². The molecule has 1 aliphatic rings. The number of anilines is 1. The van der Waals surface area contributed by atoms with Gasteiger partial charge < -0.3 is 9.84 Å². The van der Waals surface area contributed by atoms with E-state index >= 15 is 0 Å². The number of hydrogen-bond acceptors (Lipinski definition) is 5. The Kier molecular flexibility index (Phi) is 5.68. The quantitative estimate of drug-likeness (QED) is 0.357. The summed E-state index contributed by atoms with van der Waals surface area (Å²) in [4.78, 5) is 31.5. The molecule has 2 heterocycles. The lowest BCUT2D eigenvalue weighted by atomic mass is 9.95. The third kappa shape index (κ3) is 3.73. The highest BCUT2D eigenvalue weighted by Crippen LogP contribution is 2.43. The van der Waals surface area contributed by atoms with E-state index in [0.29, 0.717) is 5.75 Å². The average molecular weight is 450 g/mol. The van der Waals surface area contributed by atoms with Gasteiger partial charge in [0.2, 0.25) is 0 Å². The predicted octanol–water partition coefficient (Wildman–Crippen LogP) is 4.61. The molecule has 0 bridgehead atoms. The molecule has 0 saturated carbocycles. The van der Waals surface area contributed by atoms with Gasteiger partial charge in [0, 0.05) is 18.0 Å². The summed E-state index contributed by atoms with van der Waals surface area (Å²) in [5, 5.41) is 11.3. The van der Waals surface area contributed by atoms with Crippen molar-refractivity contribution in [1.29, 1.82) is 0 Å². The third-order valence-electron chi connectivity index (χ3n) is 5.47. The van der Waals surface area contributed by atoms with Crippen LogP contribution < -0.4 is 9.64 Å². The normalized spacial score (nSPS) is 17.5. The minimum absolute atomic E-state index is 0.0434. The third-order valence-corrected chi connectivity index (χ3v) is 5.47. The van der Waals surface area contributed by atoms with Gasteiger partial charge in [0.25, 0.3) is 11.7 Å². The highest BCUT2D eigenvalue weighted by Gasteiger charge is 2.48. The second-order valence-electron chi connectivity index (χ2n) is 7.68. The molecule has 8 heteroatoms. The van der Waals surface area contributed by atoms with Crippen molar-refractivity contribution in [2.45, 2.75) is 19.9 Å². The predicted molar refractivity (Wildman–Crippen MR) is 118 cm³/mol. The first-order valence-electron chi connectivity index (χ1n) is 10.1. The van der Waals surface area contributed by atoms with Crippen LogP contribution in [-0.4, -0.2) is 28.9 Å². The van der Waals surface area contributed by atoms with Gasteiger partial charge in [0.15, 0.2) is 11.6 Å². The molecule has 1 saturated heterocycles. The maximum absolute atomic E-state index is 14.0. The van der Waals surface area contributed by atoms with Crippen molar-refractivity contribution < 1.29 is 28.2 Å². The molecule has 1 fully saturated rings. The number of aromatic nitrogens is 1. The number of aliphatic hydroxyl groups excluding tert-OH is 1. The number of halogens is 2. The van der Waals surface area contributed by atoms with E-state index in [4.69, 9.17) is 4.74 Å². The van der Waals surface area contributed by atoms with Crippen LogP contribution >= 0.6 is 0 Å². The fourth-order valence-electron chi connectivity index (χ4n) is 4.10. The van der Waals surface area contributed by atoms with Crippen LogP contribution in [0.1, 0.15) is 28.4 Å². The van der Waals surface area contributed by atoms with Crippen LogP contribution in [0.25, 0.3) is 5.76 Å². The van der Waals surface area contributed by atoms with Gasteiger partial charge in [-0.25, -0.2) is 8.78 Å². The Hall–Kier alpha value is -4.07. The molecule has 6 nitrogen and oxygen atoms in total.